The van der Waals surface area contributed by atoms with Crippen LogP contribution >= 0.6 is 24.0 Å². The zero-order valence-electron chi connectivity index (χ0n) is 10.1. The Balaban J connectivity index is 0.00000144. The quantitative estimate of drug-likeness (QED) is 0.854. The molecule has 0 aliphatic carbocycles. The van der Waals surface area contributed by atoms with Crippen LogP contribution < -0.4 is 4.74 Å². The Hall–Kier alpha value is -0.450. The lowest BCUT2D eigenvalue weighted by Gasteiger charge is -2.28. The van der Waals surface area contributed by atoms with Gasteiger partial charge < -0.3 is 14.2 Å². The fourth-order valence-electron chi connectivity index (χ4n) is 1.85. The molecule has 2 rings (SSSR count). The van der Waals surface area contributed by atoms with Crippen LogP contribution in [-0.4, -0.2) is 36.3 Å². The summed E-state index contributed by atoms with van der Waals surface area (Å²) in [6.07, 6.45) is 2.98. The molecule has 1 aliphatic heterocycles. The summed E-state index contributed by atoms with van der Waals surface area (Å²) in [5, 5.41) is 4.39. The van der Waals surface area contributed by atoms with Gasteiger partial charge in [-0.2, -0.15) is 0 Å². The lowest BCUT2D eigenvalue weighted by atomic mass is 10.1. The Morgan fingerprint density at radius 1 is 1.47 bits per heavy atom. The average Bonchev–Trinajstić information content (AvgIpc) is 2.63. The van der Waals surface area contributed by atoms with E-state index in [-0.39, 0.29) is 18.5 Å². The summed E-state index contributed by atoms with van der Waals surface area (Å²) in [5.74, 6) is 1.15. The highest BCUT2D eigenvalue weighted by Crippen LogP contribution is 2.29. The van der Waals surface area contributed by atoms with Gasteiger partial charge in [-0.25, -0.2) is 0 Å². The second-order valence-corrected chi connectivity index (χ2v) is 4.58. The van der Waals surface area contributed by atoms with Crippen molar-refractivity contribution in [3.05, 3.63) is 10.8 Å². The summed E-state index contributed by atoms with van der Waals surface area (Å²) >= 11 is 6.08. The fraction of sp³-hybridized carbons (Fsp3) is 0.727. The summed E-state index contributed by atoms with van der Waals surface area (Å²) in [4.78, 5) is 2.29. The van der Waals surface area contributed by atoms with Crippen molar-refractivity contribution in [2.45, 2.75) is 32.3 Å². The molecule has 0 atom stereocenters. The number of nitrogens with zero attached hydrogens (tertiary/aromatic N) is 2. The topological polar surface area (TPSA) is 38.5 Å². The van der Waals surface area contributed by atoms with Gasteiger partial charge in [-0.05, 0) is 25.0 Å². The first-order chi connectivity index (χ1) is 7.70. The van der Waals surface area contributed by atoms with Gasteiger partial charge in [0, 0.05) is 19.5 Å². The monoisotopic (exact) mass is 280 g/mol. The maximum absolute atomic E-state index is 6.08. The van der Waals surface area contributed by atoms with Crippen LogP contribution in [0.25, 0.3) is 0 Å². The van der Waals surface area contributed by atoms with Crippen LogP contribution in [0.4, 0.5) is 0 Å². The molecule has 0 aromatic carbocycles. The molecule has 0 bridgehead atoms. The second-order valence-electron chi connectivity index (χ2n) is 4.20. The molecule has 0 N–H and O–H groups in total. The van der Waals surface area contributed by atoms with Gasteiger partial charge in [-0.15, -0.1) is 12.4 Å². The number of halogens is 2. The Morgan fingerprint density at radius 3 is 2.65 bits per heavy atom. The maximum atomic E-state index is 6.08. The number of likely N-dealkylation sites (tertiary alicyclic amines) is 1. The van der Waals surface area contributed by atoms with Crippen LogP contribution in [0.1, 0.15) is 25.5 Å². The van der Waals surface area contributed by atoms with E-state index in [2.05, 4.69) is 17.1 Å². The van der Waals surface area contributed by atoms with Crippen LogP contribution in [0, 0.1) is 0 Å². The van der Waals surface area contributed by atoms with Crippen molar-refractivity contribution < 1.29 is 9.26 Å². The van der Waals surface area contributed by atoms with Gasteiger partial charge in [0.15, 0.2) is 5.76 Å². The normalized spacial score (nSPS) is 17.8. The summed E-state index contributed by atoms with van der Waals surface area (Å²) in [6.45, 7) is 4.09. The minimum Gasteiger partial charge on any atom is -0.471 e. The molecule has 0 saturated carbocycles. The molecule has 0 radical (unpaired) electrons. The van der Waals surface area contributed by atoms with Crippen molar-refractivity contribution >= 4 is 24.0 Å². The van der Waals surface area contributed by atoms with E-state index < -0.39 is 0 Å². The van der Waals surface area contributed by atoms with Crippen molar-refractivity contribution in [3.8, 4) is 5.88 Å². The Kier molecular flexibility index (Phi) is 5.56. The van der Waals surface area contributed by atoms with Gasteiger partial charge >= 0.3 is 0 Å². The molecule has 1 aromatic heterocycles. The molecule has 1 aromatic rings. The molecule has 17 heavy (non-hydrogen) atoms. The number of aromatic nitrogens is 1. The van der Waals surface area contributed by atoms with E-state index >= 15 is 0 Å². The fourth-order valence-corrected chi connectivity index (χ4v) is 2.10. The predicted octanol–water partition coefficient (Wildman–Crippen LogP) is 2.79. The first kappa shape index (κ1) is 14.6. The van der Waals surface area contributed by atoms with Crippen molar-refractivity contribution in [1.82, 2.24) is 10.1 Å². The minimum atomic E-state index is 0. The Morgan fingerprint density at radius 2 is 2.12 bits per heavy atom. The lowest BCUT2D eigenvalue weighted by Crippen LogP contribution is -2.35. The first-order valence-corrected chi connectivity index (χ1v) is 6.07. The molecule has 6 heteroatoms. The van der Waals surface area contributed by atoms with Crippen molar-refractivity contribution in [1.29, 1.82) is 0 Å². The average molecular weight is 281 g/mol. The molecule has 98 valence electrons. The molecule has 1 saturated heterocycles. The SMILES string of the molecule is CCc1onc(OC2CCN(C)CC2)c1Cl.Cl. The number of hydrogen-bond acceptors (Lipinski definition) is 4. The molecule has 1 aliphatic rings. The third-order valence-corrected chi connectivity index (χ3v) is 3.31. The zero-order valence-corrected chi connectivity index (χ0v) is 11.7. The van der Waals surface area contributed by atoms with Crippen molar-refractivity contribution in [2.24, 2.45) is 0 Å². The minimum absolute atomic E-state index is 0. The lowest BCUT2D eigenvalue weighted by molar-refractivity contribution is 0.106. The molecule has 0 unspecified atom stereocenters. The van der Waals surface area contributed by atoms with E-state index in [1.165, 1.54) is 0 Å². The summed E-state index contributed by atoms with van der Waals surface area (Å²) < 4.78 is 10.8. The molecule has 2 heterocycles. The van der Waals surface area contributed by atoms with Crippen LogP contribution in [0.5, 0.6) is 5.88 Å². The Bertz CT molecular complexity index is 349. The van der Waals surface area contributed by atoms with Crippen LogP contribution in [-0.2, 0) is 6.42 Å². The van der Waals surface area contributed by atoms with Gasteiger partial charge in [0.1, 0.15) is 11.1 Å². The molecule has 1 fully saturated rings. The van der Waals surface area contributed by atoms with Crippen LogP contribution in [0.3, 0.4) is 0 Å². The predicted molar refractivity (Wildman–Crippen MR) is 69.3 cm³/mol. The number of rotatable bonds is 3. The van der Waals surface area contributed by atoms with E-state index in [9.17, 15) is 0 Å². The van der Waals surface area contributed by atoms with Gasteiger partial charge in [-0.3, -0.25) is 0 Å². The standard InChI is InChI=1S/C11H17ClN2O2.ClH/c1-3-9-10(12)11(13-16-9)15-8-4-6-14(2)7-5-8;/h8H,3-7H2,1-2H3;1H. The van der Waals surface area contributed by atoms with Gasteiger partial charge in [0.05, 0.1) is 0 Å². The number of ether oxygens (including phenoxy) is 1. The number of hydrogen-bond donors (Lipinski definition) is 0. The third kappa shape index (κ3) is 3.50. The highest BCUT2D eigenvalue weighted by molar-refractivity contribution is 6.32. The van der Waals surface area contributed by atoms with Gasteiger partial charge in [-0.1, -0.05) is 18.5 Å². The third-order valence-electron chi connectivity index (χ3n) is 2.94. The molecule has 0 amide bonds. The highest BCUT2D eigenvalue weighted by Gasteiger charge is 2.22. The van der Waals surface area contributed by atoms with E-state index in [0.29, 0.717) is 16.7 Å². The molecule has 4 nitrogen and oxygen atoms in total. The van der Waals surface area contributed by atoms with E-state index in [0.717, 1.165) is 32.4 Å². The maximum Gasteiger partial charge on any atom is 0.273 e. The highest BCUT2D eigenvalue weighted by atomic mass is 35.5. The first-order valence-electron chi connectivity index (χ1n) is 5.70. The smallest absolute Gasteiger partial charge is 0.273 e. The van der Waals surface area contributed by atoms with Crippen LogP contribution in [0.2, 0.25) is 5.02 Å². The van der Waals surface area contributed by atoms with E-state index in [1.54, 1.807) is 0 Å². The second kappa shape index (κ2) is 6.47. The van der Waals surface area contributed by atoms with E-state index in [1.807, 2.05) is 6.92 Å². The number of aryl methyl sites for hydroxylation is 1. The van der Waals surface area contributed by atoms with Crippen LogP contribution in [0.15, 0.2) is 4.52 Å². The largest absolute Gasteiger partial charge is 0.471 e. The summed E-state index contributed by atoms with van der Waals surface area (Å²) in [6, 6.07) is 0. The number of piperidine rings is 1. The van der Waals surface area contributed by atoms with E-state index in [4.69, 9.17) is 20.9 Å². The van der Waals surface area contributed by atoms with Crippen molar-refractivity contribution in [3.63, 3.8) is 0 Å². The van der Waals surface area contributed by atoms with Gasteiger partial charge in [0.25, 0.3) is 5.88 Å². The zero-order chi connectivity index (χ0) is 11.5. The molecular weight excluding hydrogens is 263 g/mol. The molecular formula is C11H18Cl2N2O2. The Labute approximate surface area is 113 Å². The van der Waals surface area contributed by atoms with Gasteiger partial charge in [0.2, 0.25) is 0 Å². The van der Waals surface area contributed by atoms with Crippen molar-refractivity contribution in [2.75, 3.05) is 20.1 Å². The summed E-state index contributed by atoms with van der Waals surface area (Å²) in [5.41, 5.74) is 0. The molecule has 0 spiro atoms. The summed E-state index contributed by atoms with van der Waals surface area (Å²) in [7, 11) is 2.12.